The summed E-state index contributed by atoms with van der Waals surface area (Å²) in [6.07, 6.45) is 1.17. The predicted octanol–water partition coefficient (Wildman–Crippen LogP) is 3.73. The van der Waals surface area contributed by atoms with E-state index in [1.54, 1.807) is 18.2 Å². The molecule has 0 fully saturated rings. The number of benzene rings is 2. The Bertz CT molecular complexity index is 826. The van der Waals surface area contributed by atoms with Gasteiger partial charge in [0.2, 0.25) is 5.91 Å². The first kappa shape index (κ1) is 17.2. The molecule has 0 aliphatic carbocycles. The largest absolute Gasteiger partial charge is 0.492 e. The van der Waals surface area contributed by atoms with E-state index in [0.29, 0.717) is 41.9 Å². The van der Waals surface area contributed by atoms with Crippen LogP contribution in [0.2, 0.25) is 0 Å². The summed E-state index contributed by atoms with van der Waals surface area (Å²) in [4.78, 5) is 22.0. The van der Waals surface area contributed by atoms with Crippen LogP contribution in [0.4, 0.5) is 17.1 Å². The van der Waals surface area contributed by atoms with E-state index in [0.717, 1.165) is 11.3 Å². The molecule has 1 aliphatic rings. The van der Waals surface area contributed by atoms with Crippen LogP contribution in [0.15, 0.2) is 40.9 Å². The number of carbonyl (C=O) groups excluding carboxylic acids is 1. The zero-order valence-corrected chi connectivity index (χ0v) is 14.8. The van der Waals surface area contributed by atoms with Crippen LogP contribution >= 0.6 is 15.9 Å². The molecule has 0 unspecified atom stereocenters. The van der Waals surface area contributed by atoms with E-state index in [9.17, 15) is 14.9 Å². The first-order valence-electron chi connectivity index (χ1n) is 7.76. The summed E-state index contributed by atoms with van der Waals surface area (Å²) in [7, 11) is 0. The first-order chi connectivity index (χ1) is 12.0. The van der Waals surface area contributed by atoms with E-state index >= 15 is 0 Å². The number of carbonyl (C=O) groups is 1. The third-order valence-electron chi connectivity index (χ3n) is 3.81. The van der Waals surface area contributed by atoms with Crippen molar-refractivity contribution in [3.05, 3.63) is 56.5 Å². The lowest BCUT2D eigenvalue weighted by Crippen LogP contribution is -2.19. The van der Waals surface area contributed by atoms with Crippen LogP contribution in [0.25, 0.3) is 0 Å². The molecule has 0 aromatic heterocycles. The summed E-state index contributed by atoms with van der Waals surface area (Å²) in [5.41, 5.74) is 2.34. The van der Waals surface area contributed by atoms with Gasteiger partial charge in [0.05, 0.1) is 4.92 Å². The molecule has 1 heterocycles. The SMILES string of the molecule is O=C1CCc2cc(OCCNc3ccc(Br)cc3[N+](=O)[O-])ccc2N1. The second-order valence-corrected chi connectivity index (χ2v) is 6.48. The maximum Gasteiger partial charge on any atom is 0.293 e. The molecule has 8 heteroatoms. The van der Waals surface area contributed by atoms with Crippen LogP contribution in [0.1, 0.15) is 12.0 Å². The van der Waals surface area contributed by atoms with Gasteiger partial charge in [0.15, 0.2) is 0 Å². The number of nitro groups is 1. The molecule has 0 bridgehead atoms. The molecule has 0 saturated heterocycles. The number of aryl methyl sites for hydroxylation is 1. The van der Waals surface area contributed by atoms with Crippen molar-refractivity contribution >= 4 is 38.9 Å². The standard InChI is InChI=1S/C17H16BrN3O4/c18-12-2-4-15(16(10-12)21(23)24)19-7-8-25-13-3-5-14-11(9-13)1-6-17(22)20-14/h2-5,9-10,19H,1,6-8H2,(H,20,22). The fourth-order valence-corrected chi connectivity index (χ4v) is 2.96. The highest BCUT2D eigenvalue weighted by Gasteiger charge is 2.15. The number of amides is 1. The Kier molecular flexibility index (Phi) is 5.18. The van der Waals surface area contributed by atoms with Crippen molar-refractivity contribution in [2.24, 2.45) is 0 Å². The number of ether oxygens (including phenoxy) is 1. The van der Waals surface area contributed by atoms with Crippen LogP contribution in [-0.4, -0.2) is 24.0 Å². The number of anilines is 2. The Morgan fingerprint density at radius 1 is 1.24 bits per heavy atom. The Balaban J connectivity index is 1.56. The van der Waals surface area contributed by atoms with Crippen LogP contribution < -0.4 is 15.4 Å². The van der Waals surface area contributed by atoms with Crippen LogP contribution in [0.3, 0.4) is 0 Å². The molecule has 2 aromatic rings. The van der Waals surface area contributed by atoms with Gasteiger partial charge in [0.25, 0.3) is 5.69 Å². The molecule has 2 N–H and O–H groups in total. The number of hydrogen-bond acceptors (Lipinski definition) is 5. The fourth-order valence-electron chi connectivity index (χ4n) is 2.61. The molecule has 0 spiro atoms. The van der Waals surface area contributed by atoms with E-state index in [1.807, 2.05) is 12.1 Å². The summed E-state index contributed by atoms with van der Waals surface area (Å²) in [5, 5.41) is 16.9. The number of rotatable bonds is 6. The van der Waals surface area contributed by atoms with Gasteiger partial charge >= 0.3 is 0 Å². The molecular formula is C17H16BrN3O4. The Morgan fingerprint density at radius 2 is 2.08 bits per heavy atom. The van der Waals surface area contributed by atoms with Crippen molar-refractivity contribution in [1.82, 2.24) is 0 Å². The first-order valence-corrected chi connectivity index (χ1v) is 8.55. The van der Waals surface area contributed by atoms with E-state index in [4.69, 9.17) is 4.74 Å². The minimum Gasteiger partial charge on any atom is -0.492 e. The number of nitrogens with zero attached hydrogens (tertiary/aromatic N) is 1. The van der Waals surface area contributed by atoms with Gasteiger partial charge in [-0.15, -0.1) is 0 Å². The lowest BCUT2D eigenvalue weighted by molar-refractivity contribution is -0.384. The van der Waals surface area contributed by atoms with Gasteiger partial charge in [-0.2, -0.15) is 0 Å². The Morgan fingerprint density at radius 3 is 2.88 bits per heavy atom. The molecule has 0 radical (unpaired) electrons. The van der Waals surface area contributed by atoms with Crippen LogP contribution in [-0.2, 0) is 11.2 Å². The van der Waals surface area contributed by atoms with E-state index in [1.165, 1.54) is 6.07 Å². The van der Waals surface area contributed by atoms with Gasteiger partial charge in [-0.3, -0.25) is 14.9 Å². The summed E-state index contributed by atoms with van der Waals surface area (Å²) in [5.74, 6) is 0.739. The number of nitrogens with one attached hydrogen (secondary N) is 2. The minimum absolute atomic E-state index is 0.0129. The van der Waals surface area contributed by atoms with Gasteiger partial charge in [-0.25, -0.2) is 0 Å². The molecule has 25 heavy (non-hydrogen) atoms. The monoisotopic (exact) mass is 405 g/mol. The molecule has 1 aliphatic heterocycles. The zero-order chi connectivity index (χ0) is 17.8. The Labute approximate surface area is 152 Å². The van der Waals surface area contributed by atoms with Crippen molar-refractivity contribution in [1.29, 1.82) is 0 Å². The summed E-state index contributed by atoms with van der Waals surface area (Å²) >= 11 is 3.23. The van der Waals surface area contributed by atoms with Gasteiger partial charge in [-0.05, 0) is 42.3 Å². The second kappa shape index (κ2) is 7.52. The van der Waals surface area contributed by atoms with Crippen molar-refractivity contribution < 1.29 is 14.5 Å². The number of hydrogen-bond donors (Lipinski definition) is 2. The highest BCUT2D eigenvalue weighted by Crippen LogP contribution is 2.28. The molecule has 3 rings (SSSR count). The van der Waals surface area contributed by atoms with Crippen LogP contribution in [0, 0.1) is 10.1 Å². The lowest BCUT2D eigenvalue weighted by atomic mass is 10.0. The molecule has 2 aromatic carbocycles. The van der Waals surface area contributed by atoms with Crippen molar-refractivity contribution in [3.8, 4) is 5.75 Å². The summed E-state index contributed by atoms with van der Waals surface area (Å²) in [6, 6.07) is 10.4. The summed E-state index contributed by atoms with van der Waals surface area (Å²) < 4.78 is 6.35. The van der Waals surface area contributed by atoms with Crippen molar-refractivity contribution in [2.75, 3.05) is 23.8 Å². The molecule has 0 atom stereocenters. The number of nitro benzene ring substituents is 1. The van der Waals surface area contributed by atoms with Gasteiger partial charge in [-0.1, -0.05) is 15.9 Å². The summed E-state index contributed by atoms with van der Waals surface area (Å²) in [6.45, 7) is 0.786. The van der Waals surface area contributed by atoms with Crippen LogP contribution in [0.5, 0.6) is 5.75 Å². The minimum atomic E-state index is -0.425. The average molecular weight is 406 g/mol. The molecular weight excluding hydrogens is 390 g/mol. The highest BCUT2D eigenvalue weighted by atomic mass is 79.9. The molecule has 7 nitrogen and oxygen atoms in total. The molecule has 0 saturated carbocycles. The maximum atomic E-state index is 11.4. The fraction of sp³-hybridized carbons (Fsp3) is 0.235. The van der Waals surface area contributed by atoms with Crippen molar-refractivity contribution in [3.63, 3.8) is 0 Å². The lowest BCUT2D eigenvalue weighted by Gasteiger charge is -2.17. The predicted molar refractivity (Wildman–Crippen MR) is 98.2 cm³/mol. The number of fused-ring (bicyclic) bond motifs is 1. The molecule has 1 amide bonds. The number of halogens is 1. The van der Waals surface area contributed by atoms with Gasteiger partial charge in [0.1, 0.15) is 18.0 Å². The maximum absolute atomic E-state index is 11.4. The average Bonchev–Trinajstić information content (AvgIpc) is 2.59. The molecule has 130 valence electrons. The van der Waals surface area contributed by atoms with E-state index < -0.39 is 4.92 Å². The van der Waals surface area contributed by atoms with Crippen molar-refractivity contribution in [2.45, 2.75) is 12.8 Å². The third kappa shape index (κ3) is 4.27. The van der Waals surface area contributed by atoms with E-state index in [2.05, 4.69) is 26.6 Å². The third-order valence-corrected chi connectivity index (χ3v) is 4.31. The smallest absolute Gasteiger partial charge is 0.293 e. The second-order valence-electron chi connectivity index (χ2n) is 5.56. The quantitative estimate of drug-likeness (QED) is 0.433. The van der Waals surface area contributed by atoms with E-state index in [-0.39, 0.29) is 11.6 Å². The zero-order valence-electron chi connectivity index (χ0n) is 13.3. The highest BCUT2D eigenvalue weighted by molar-refractivity contribution is 9.10. The Hall–Kier alpha value is -2.61. The topological polar surface area (TPSA) is 93.5 Å². The van der Waals surface area contributed by atoms with Gasteiger partial charge < -0.3 is 15.4 Å². The normalized spacial score (nSPS) is 12.9. The van der Waals surface area contributed by atoms with Gasteiger partial charge in [0, 0.05) is 29.2 Å².